The number of pyridine rings is 1. The number of anilines is 1. The largest absolute Gasteiger partial charge is 0.711 e. The molecule has 0 saturated carbocycles. The molecule has 6 heteroatoms. The SMILES string of the molecule is O=C(O)CCCCc1ccc(N[O-])[n+]([O-])c1. The molecule has 0 amide bonds. The van der Waals surface area contributed by atoms with Gasteiger partial charge in [0.15, 0.2) is 0 Å². The average Bonchev–Trinajstić information content (AvgIpc) is 2.24. The van der Waals surface area contributed by atoms with Crippen molar-refractivity contribution in [2.24, 2.45) is 0 Å². The summed E-state index contributed by atoms with van der Waals surface area (Å²) in [4.78, 5) is 10.3. The van der Waals surface area contributed by atoms with E-state index in [-0.39, 0.29) is 12.2 Å². The van der Waals surface area contributed by atoms with Crippen molar-refractivity contribution in [3.8, 4) is 0 Å². The number of aromatic nitrogens is 1. The predicted molar refractivity (Wildman–Crippen MR) is 57.6 cm³/mol. The molecule has 1 aromatic rings. The minimum atomic E-state index is -0.815. The van der Waals surface area contributed by atoms with E-state index in [1.807, 2.05) is 0 Å². The number of aliphatic carboxylic acids is 1. The zero-order chi connectivity index (χ0) is 12.0. The average molecular weight is 225 g/mol. The molecule has 6 nitrogen and oxygen atoms in total. The Bertz CT molecular complexity index is 368. The molecule has 0 radical (unpaired) electrons. The Hall–Kier alpha value is -1.82. The zero-order valence-electron chi connectivity index (χ0n) is 8.68. The molecule has 0 saturated heterocycles. The van der Waals surface area contributed by atoms with Crippen LogP contribution in [0.15, 0.2) is 18.3 Å². The number of aryl methyl sites for hydroxylation is 1. The summed E-state index contributed by atoms with van der Waals surface area (Å²) in [7, 11) is 0. The molecule has 2 N–H and O–H groups in total. The van der Waals surface area contributed by atoms with Crippen molar-refractivity contribution in [3.63, 3.8) is 0 Å². The highest BCUT2D eigenvalue weighted by Gasteiger charge is 2.02. The van der Waals surface area contributed by atoms with Crippen molar-refractivity contribution >= 4 is 11.8 Å². The molecule has 1 rings (SSSR count). The van der Waals surface area contributed by atoms with Crippen LogP contribution in [0.5, 0.6) is 0 Å². The number of rotatable bonds is 6. The van der Waals surface area contributed by atoms with Crippen LogP contribution in [0.4, 0.5) is 5.82 Å². The summed E-state index contributed by atoms with van der Waals surface area (Å²) in [6.45, 7) is 0. The quantitative estimate of drug-likeness (QED) is 0.326. The van der Waals surface area contributed by atoms with Gasteiger partial charge in [-0.05, 0) is 30.9 Å². The van der Waals surface area contributed by atoms with E-state index < -0.39 is 5.97 Å². The summed E-state index contributed by atoms with van der Waals surface area (Å²) < 4.78 is 0.472. The molecule has 0 aliphatic heterocycles. The molecule has 0 aliphatic carbocycles. The number of nitrogens with one attached hydrogen (secondary N) is 1. The molecular formula is C10H13N2O4-. The third kappa shape index (κ3) is 3.74. The molecule has 1 aromatic heterocycles. The molecule has 16 heavy (non-hydrogen) atoms. The van der Waals surface area contributed by atoms with E-state index in [0.29, 0.717) is 24.0 Å². The van der Waals surface area contributed by atoms with E-state index in [9.17, 15) is 15.2 Å². The first-order valence-corrected chi connectivity index (χ1v) is 4.95. The number of unbranched alkanes of at least 4 members (excludes halogenated alkanes) is 1. The van der Waals surface area contributed by atoms with Gasteiger partial charge in [-0.25, -0.2) is 4.73 Å². The van der Waals surface area contributed by atoms with Crippen LogP contribution >= 0.6 is 0 Å². The Labute approximate surface area is 92.7 Å². The normalized spacial score (nSPS) is 10.1. The molecule has 0 aromatic carbocycles. The third-order valence-electron chi connectivity index (χ3n) is 2.19. The van der Waals surface area contributed by atoms with Crippen molar-refractivity contribution in [1.82, 2.24) is 0 Å². The Kier molecular flexibility index (Phi) is 4.53. The number of carboxylic acids is 1. The Balaban J connectivity index is 2.43. The van der Waals surface area contributed by atoms with E-state index in [2.05, 4.69) is 0 Å². The molecule has 0 unspecified atom stereocenters. The second-order valence-corrected chi connectivity index (χ2v) is 3.45. The second kappa shape index (κ2) is 5.92. The van der Waals surface area contributed by atoms with E-state index in [1.165, 1.54) is 17.7 Å². The molecule has 0 spiro atoms. The standard InChI is InChI=1S/C10H13N2O4/c13-10(14)4-2-1-3-8-5-6-9(11-15)12(16)7-8/h5-7,11H,1-4H2,(H,13,14)/q-1. The van der Waals surface area contributed by atoms with Gasteiger partial charge in [-0.3, -0.25) is 4.79 Å². The highest BCUT2D eigenvalue weighted by atomic mass is 16.5. The van der Waals surface area contributed by atoms with Crippen molar-refractivity contribution in [2.45, 2.75) is 25.7 Å². The molecular weight excluding hydrogens is 212 g/mol. The Morgan fingerprint density at radius 3 is 2.75 bits per heavy atom. The zero-order valence-corrected chi connectivity index (χ0v) is 8.68. The van der Waals surface area contributed by atoms with Crippen molar-refractivity contribution < 1.29 is 14.6 Å². The summed E-state index contributed by atoms with van der Waals surface area (Å²) in [5, 5.41) is 29.9. The Morgan fingerprint density at radius 1 is 1.44 bits per heavy atom. The predicted octanol–water partition coefficient (Wildman–Crippen LogP) is 1.03. The van der Waals surface area contributed by atoms with Gasteiger partial charge in [0.2, 0.25) is 0 Å². The fourth-order valence-electron chi connectivity index (χ4n) is 1.35. The minimum absolute atomic E-state index is 0.0470. The van der Waals surface area contributed by atoms with Crippen LogP contribution < -0.4 is 10.2 Å². The van der Waals surface area contributed by atoms with Gasteiger partial charge in [-0.15, -0.1) is 0 Å². The lowest BCUT2D eigenvalue weighted by Crippen LogP contribution is -2.29. The maximum Gasteiger partial charge on any atom is 0.303 e. The monoisotopic (exact) mass is 225 g/mol. The lowest BCUT2D eigenvalue weighted by molar-refractivity contribution is -0.590. The lowest BCUT2D eigenvalue weighted by Gasteiger charge is -2.11. The maximum atomic E-state index is 11.2. The van der Waals surface area contributed by atoms with Gasteiger partial charge in [0, 0.05) is 12.5 Å². The van der Waals surface area contributed by atoms with Gasteiger partial charge in [0.1, 0.15) is 0 Å². The van der Waals surface area contributed by atoms with Crippen molar-refractivity contribution in [2.75, 3.05) is 5.48 Å². The minimum Gasteiger partial charge on any atom is -0.711 e. The van der Waals surface area contributed by atoms with Crippen LogP contribution in [0.1, 0.15) is 24.8 Å². The fraction of sp³-hybridized carbons (Fsp3) is 0.400. The van der Waals surface area contributed by atoms with Gasteiger partial charge in [-0.2, -0.15) is 0 Å². The van der Waals surface area contributed by atoms with Crippen LogP contribution in [0.3, 0.4) is 0 Å². The van der Waals surface area contributed by atoms with E-state index in [1.54, 1.807) is 6.07 Å². The van der Waals surface area contributed by atoms with Crippen molar-refractivity contribution in [1.29, 1.82) is 0 Å². The number of nitrogens with zero attached hydrogens (tertiary/aromatic N) is 1. The summed E-state index contributed by atoms with van der Waals surface area (Å²) in [5.41, 5.74) is 2.32. The summed E-state index contributed by atoms with van der Waals surface area (Å²) in [6, 6.07) is 3.09. The van der Waals surface area contributed by atoms with E-state index >= 15 is 0 Å². The lowest BCUT2D eigenvalue weighted by atomic mass is 10.1. The molecule has 88 valence electrons. The molecule has 0 bridgehead atoms. The van der Waals surface area contributed by atoms with Gasteiger partial charge < -0.3 is 21.0 Å². The third-order valence-corrected chi connectivity index (χ3v) is 2.19. The summed E-state index contributed by atoms with van der Waals surface area (Å²) in [6.07, 6.45) is 3.37. The smallest absolute Gasteiger partial charge is 0.303 e. The molecule has 0 aliphatic rings. The summed E-state index contributed by atoms with van der Waals surface area (Å²) >= 11 is 0. The number of carboxylic acid groups (broad SMARTS) is 1. The first-order valence-electron chi connectivity index (χ1n) is 4.95. The van der Waals surface area contributed by atoms with Gasteiger partial charge in [-0.1, -0.05) is 0 Å². The Morgan fingerprint density at radius 2 is 2.19 bits per heavy atom. The number of hydrogen-bond donors (Lipinski definition) is 2. The molecule has 0 fully saturated rings. The van der Waals surface area contributed by atoms with Gasteiger partial charge in [0.25, 0.3) is 5.82 Å². The van der Waals surface area contributed by atoms with Crippen LogP contribution in [0, 0.1) is 10.4 Å². The van der Waals surface area contributed by atoms with Crippen LogP contribution in [-0.4, -0.2) is 11.1 Å². The van der Waals surface area contributed by atoms with Gasteiger partial charge in [0.05, 0.1) is 6.20 Å². The topological polar surface area (TPSA) is 99.3 Å². The highest BCUT2D eigenvalue weighted by molar-refractivity contribution is 5.66. The first-order chi connectivity index (χ1) is 7.63. The second-order valence-electron chi connectivity index (χ2n) is 3.45. The molecule has 0 atom stereocenters. The van der Waals surface area contributed by atoms with Gasteiger partial charge >= 0.3 is 5.97 Å². The fourth-order valence-corrected chi connectivity index (χ4v) is 1.35. The first kappa shape index (κ1) is 12.3. The van der Waals surface area contributed by atoms with Crippen LogP contribution in [0.2, 0.25) is 0 Å². The van der Waals surface area contributed by atoms with E-state index in [4.69, 9.17) is 5.11 Å². The molecule has 1 heterocycles. The summed E-state index contributed by atoms with van der Waals surface area (Å²) in [5.74, 6) is -0.862. The maximum absolute atomic E-state index is 11.2. The van der Waals surface area contributed by atoms with Crippen molar-refractivity contribution in [3.05, 3.63) is 34.3 Å². The number of hydrogen-bond acceptors (Lipinski definition) is 4. The highest BCUT2D eigenvalue weighted by Crippen LogP contribution is 2.07. The van der Waals surface area contributed by atoms with Crippen LogP contribution in [-0.2, 0) is 11.2 Å². The van der Waals surface area contributed by atoms with E-state index in [0.717, 1.165) is 5.56 Å². The van der Waals surface area contributed by atoms with Crippen LogP contribution in [0.25, 0.3) is 0 Å². The number of carbonyl (C=O) groups is 1.